The maximum absolute atomic E-state index is 9.24. The summed E-state index contributed by atoms with van der Waals surface area (Å²) in [6, 6.07) is 10.0. The van der Waals surface area contributed by atoms with E-state index in [1.54, 1.807) is 12.4 Å². The van der Waals surface area contributed by atoms with E-state index < -0.39 is 0 Å². The highest BCUT2D eigenvalue weighted by Gasteiger charge is 2.48. The van der Waals surface area contributed by atoms with Crippen LogP contribution in [-0.4, -0.2) is 46.3 Å². The van der Waals surface area contributed by atoms with Crippen molar-refractivity contribution in [3.8, 4) is 11.9 Å². The van der Waals surface area contributed by atoms with Gasteiger partial charge in [0.15, 0.2) is 0 Å². The molecule has 2 aliphatic heterocycles. The molecule has 6 heteroatoms. The molecule has 26 heavy (non-hydrogen) atoms. The summed E-state index contributed by atoms with van der Waals surface area (Å²) >= 11 is 0. The SMILES string of the molecule is Cc1cncc(OC2CCOC3(C2)CN(Cc2ccccc2C#N)C3)n1. The van der Waals surface area contributed by atoms with E-state index in [0.29, 0.717) is 12.5 Å². The summed E-state index contributed by atoms with van der Waals surface area (Å²) in [5.41, 5.74) is 2.54. The van der Waals surface area contributed by atoms with Crippen LogP contribution in [0.25, 0.3) is 0 Å². The number of benzene rings is 1. The van der Waals surface area contributed by atoms with Crippen molar-refractivity contribution in [2.24, 2.45) is 0 Å². The van der Waals surface area contributed by atoms with Gasteiger partial charge < -0.3 is 9.47 Å². The third kappa shape index (κ3) is 3.55. The Labute approximate surface area is 153 Å². The van der Waals surface area contributed by atoms with Crippen LogP contribution >= 0.6 is 0 Å². The van der Waals surface area contributed by atoms with Crippen molar-refractivity contribution < 1.29 is 9.47 Å². The fraction of sp³-hybridized carbons (Fsp3) is 0.450. The van der Waals surface area contributed by atoms with Crippen LogP contribution in [0.4, 0.5) is 0 Å². The lowest BCUT2D eigenvalue weighted by atomic mass is 9.84. The van der Waals surface area contributed by atoms with Crippen LogP contribution in [0.1, 0.15) is 29.7 Å². The smallest absolute Gasteiger partial charge is 0.232 e. The Bertz CT molecular complexity index is 827. The highest BCUT2D eigenvalue weighted by atomic mass is 16.5. The maximum atomic E-state index is 9.24. The van der Waals surface area contributed by atoms with Crippen molar-refractivity contribution in [2.75, 3.05) is 19.7 Å². The molecule has 3 heterocycles. The van der Waals surface area contributed by atoms with E-state index in [2.05, 4.69) is 20.9 Å². The molecule has 1 spiro atoms. The molecule has 1 atom stereocenters. The fourth-order valence-corrected chi connectivity index (χ4v) is 3.86. The quantitative estimate of drug-likeness (QED) is 0.844. The molecule has 2 fully saturated rings. The standard InChI is InChI=1S/C20H22N4O2/c1-15-10-22-11-19(23-15)26-18-6-7-25-20(8-18)13-24(14-20)12-17-5-3-2-4-16(17)9-21/h2-5,10-11,18H,6-8,12-14H2,1H3. The van der Waals surface area contributed by atoms with E-state index in [0.717, 1.165) is 49.3 Å². The summed E-state index contributed by atoms with van der Waals surface area (Å²) in [7, 11) is 0. The molecule has 4 rings (SSSR count). The van der Waals surface area contributed by atoms with Gasteiger partial charge in [-0.15, -0.1) is 0 Å². The highest BCUT2D eigenvalue weighted by molar-refractivity contribution is 5.37. The monoisotopic (exact) mass is 350 g/mol. The largest absolute Gasteiger partial charge is 0.473 e. The van der Waals surface area contributed by atoms with E-state index in [4.69, 9.17) is 9.47 Å². The van der Waals surface area contributed by atoms with E-state index in [1.807, 2.05) is 31.2 Å². The van der Waals surface area contributed by atoms with Crippen LogP contribution in [0.5, 0.6) is 5.88 Å². The molecule has 0 radical (unpaired) electrons. The van der Waals surface area contributed by atoms with Crippen molar-refractivity contribution in [1.82, 2.24) is 14.9 Å². The first kappa shape index (κ1) is 17.0. The van der Waals surface area contributed by atoms with Gasteiger partial charge in [-0.1, -0.05) is 18.2 Å². The number of nitriles is 1. The Morgan fingerprint density at radius 1 is 1.35 bits per heavy atom. The predicted molar refractivity (Wildman–Crippen MR) is 95.5 cm³/mol. The molecular weight excluding hydrogens is 328 g/mol. The van der Waals surface area contributed by atoms with Crippen LogP contribution in [-0.2, 0) is 11.3 Å². The van der Waals surface area contributed by atoms with Gasteiger partial charge in [0.25, 0.3) is 0 Å². The van der Waals surface area contributed by atoms with Crippen molar-refractivity contribution >= 4 is 0 Å². The molecule has 134 valence electrons. The first-order valence-corrected chi connectivity index (χ1v) is 8.95. The van der Waals surface area contributed by atoms with Crippen LogP contribution < -0.4 is 4.74 Å². The van der Waals surface area contributed by atoms with Gasteiger partial charge in [-0.3, -0.25) is 9.88 Å². The molecule has 0 amide bonds. The molecule has 1 unspecified atom stereocenters. The van der Waals surface area contributed by atoms with Gasteiger partial charge in [0.05, 0.1) is 35.7 Å². The van der Waals surface area contributed by atoms with E-state index in [1.165, 1.54) is 0 Å². The first-order valence-electron chi connectivity index (χ1n) is 8.95. The molecule has 2 aliphatic rings. The molecule has 1 aromatic carbocycles. The Kier molecular flexibility index (Phi) is 4.58. The third-order valence-corrected chi connectivity index (χ3v) is 5.02. The van der Waals surface area contributed by atoms with Crippen molar-refractivity contribution in [3.63, 3.8) is 0 Å². The summed E-state index contributed by atoms with van der Waals surface area (Å²) < 4.78 is 12.1. The zero-order valence-electron chi connectivity index (χ0n) is 14.9. The lowest BCUT2D eigenvalue weighted by molar-refractivity contribution is -0.188. The minimum absolute atomic E-state index is 0.105. The van der Waals surface area contributed by atoms with Crippen LogP contribution in [0.3, 0.4) is 0 Å². The number of nitrogens with zero attached hydrogens (tertiary/aromatic N) is 4. The van der Waals surface area contributed by atoms with Crippen LogP contribution in [0.15, 0.2) is 36.7 Å². The number of rotatable bonds is 4. The Morgan fingerprint density at radius 2 is 2.19 bits per heavy atom. The summed E-state index contributed by atoms with van der Waals surface area (Å²) in [6.07, 6.45) is 5.23. The minimum atomic E-state index is -0.137. The fourth-order valence-electron chi connectivity index (χ4n) is 3.86. The normalized spacial score (nSPS) is 21.8. The molecule has 0 aliphatic carbocycles. The summed E-state index contributed by atoms with van der Waals surface area (Å²) in [5.74, 6) is 0.589. The zero-order chi connectivity index (χ0) is 18.0. The first-order chi connectivity index (χ1) is 12.7. The molecule has 1 aromatic heterocycles. The average Bonchev–Trinajstić information content (AvgIpc) is 2.61. The minimum Gasteiger partial charge on any atom is -0.473 e. The van der Waals surface area contributed by atoms with Crippen molar-refractivity contribution in [3.05, 3.63) is 53.5 Å². The number of hydrogen-bond acceptors (Lipinski definition) is 6. The second-order valence-corrected chi connectivity index (χ2v) is 7.18. The van der Waals surface area contributed by atoms with Gasteiger partial charge in [-0.2, -0.15) is 5.26 Å². The Balaban J connectivity index is 1.35. The van der Waals surface area contributed by atoms with Gasteiger partial charge in [0.2, 0.25) is 5.88 Å². The highest BCUT2D eigenvalue weighted by Crippen LogP contribution is 2.36. The molecule has 0 saturated carbocycles. The Morgan fingerprint density at radius 3 is 3.00 bits per heavy atom. The van der Waals surface area contributed by atoms with Crippen molar-refractivity contribution in [1.29, 1.82) is 5.26 Å². The van der Waals surface area contributed by atoms with E-state index >= 15 is 0 Å². The number of ether oxygens (including phenoxy) is 2. The van der Waals surface area contributed by atoms with Crippen LogP contribution in [0, 0.1) is 18.3 Å². The molecule has 2 saturated heterocycles. The average molecular weight is 350 g/mol. The Hall–Kier alpha value is -2.49. The van der Waals surface area contributed by atoms with Crippen molar-refractivity contribution in [2.45, 2.75) is 38.0 Å². The summed E-state index contributed by atoms with van der Waals surface area (Å²) in [4.78, 5) is 10.8. The number of likely N-dealkylation sites (tertiary alicyclic amines) is 1. The second kappa shape index (κ2) is 7.02. The third-order valence-electron chi connectivity index (χ3n) is 5.02. The molecule has 2 aromatic rings. The summed E-state index contributed by atoms with van der Waals surface area (Å²) in [6.45, 7) is 5.13. The van der Waals surface area contributed by atoms with Gasteiger partial charge in [0.1, 0.15) is 6.10 Å². The van der Waals surface area contributed by atoms with E-state index in [9.17, 15) is 5.26 Å². The summed E-state index contributed by atoms with van der Waals surface area (Å²) in [5, 5.41) is 9.24. The molecule has 0 bridgehead atoms. The lowest BCUT2D eigenvalue weighted by Crippen LogP contribution is -2.65. The number of hydrogen-bond donors (Lipinski definition) is 0. The van der Waals surface area contributed by atoms with E-state index in [-0.39, 0.29) is 11.7 Å². The predicted octanol–water partition coefficient (Wildman–Crippen LogP) is 2.47. The van der Waals surface area contributed by atoms with Gasteiger partial charge in [-0.05, 0) is 18.6 Å². The lowest BCUT2D eigenvalue weighted by Gasteiger charge is -2.53. The topological polar surface area (TPSA) is 71.3 Å². The number of aromatic nitrogens is 2. The molecular formula is C20H22N4O2. The maximum Gasteiger partial charge on any atom is 0.232 e. The molecule has 0 N–H and O–H groups in total. The zero-order valence-corrected chi connectivity index (χ0v) is 14.9. The van der Waals surface area contributed by atoms with Gasteiger partial charge >= 0.3 is 0 Å². The second-order valence-electron chi connectivity index (χ2n) is 7.18. The van der Waals surface area contributed by atoms with Gasteiger partial charge in [0, 0.05) is 38.7 Å². The van der Waals surface area contributed by atoms with Gasteiger partial charge in [-0.25, -0.2) is 4.98 Å². The van der Waals surface area contributed by atoms with Crippen LogP contribution in [0.2, 0.25) is 0 Å². The molecule has 6 nitrogen and oxygen atoms in total. The number of aryl methyl sites for hydroxylation is 1.